The van der Waals surface area contributed by atoms with Crippen LogP contribution in [0.4, 0.5) is 4.79 Å². The van der Waals surface area contributed by atoms with Gasteiger partial charge in [-0.25, -0.2) is 4.79 Å². The number of ether oxygens (including phenoxy) is 2. The fraction of sp³-hybridized carbons (Fsp3) is 0.818. The minimum atomic E-state index is -0.813. The zero-order chi connectivity index (χ0) is 13.4. The first-order valence-corrected chi connectivity index (χ1v) is 5.94. The minimum Gasteiger partial charge on any atom is -0.481 e. The molecule has 0 aliphatic carbocycles. The van der Waals surface area contributed by atoms with E-state index in [1.807, 2.05) is 0 Å². The average molecular weight is 260 g/mol. The molecule has 0 aromatic rings. The van der Waals surface area contributed by atoms with Gasteiger partial charge in [0.25, 0.3) is 0 Å². The highest BCUT2D eigenvalue weighted by Gasteiger charge is 2.31. The van der Waals surface area contributed by atoms with Gasteiger partial charge in [0.2, 0.25) is 0 Å². The van der Waals surface area contributed by atoms with Crippen molar-refractivity contribution in [3.8, 4) is 0 Å². The number of carbonyl (C=O) groups excluding carboxylic acids is 1. The Morgan fingerprint density at radius 3 is 2.67 bits per heavy atom. The van der Waals surface area contributed by atoms with Crippen molar-refractivity contribution in [1.29, 1.82) is 0 Å². The molecule has 1 heterocycles. The molecule has 1 rings (SSSR count). The van der Waals surface area contributed by atoms with E-state index in [2.05, 4.69) is 5.32 Å². The number of carboxylic acid groups (broad SMARTS) is 1. The van der Waals surface area contributed by atoms with E-state index in [4.69, 9.17) is 14.6 Å². The first-order chi connectivity index (χ1) is 8.63. The number of amides is 2. The van der Waals surface area contributed by atoms with Gasteiger partial charge in [0.1, 0.15) is 0 Å². The number of carbonyl (C=O) groups is 2. The van der Waals surface area contributed by atoms with Crippen LogP contribution < -0.4 is 5.32 Å². The molecular weight excluding hydrogens is 240 g/mol. The monoisotopic (exact) mass is 260 g/mol. The summed E-state index contributed by atoms with van der Waals surface area (Å²) in [6.07, 6.45) is 0.129. The molecule has 1 fully saturated rings. The van der Waals surface area contributed by atoms with Crippen LogP contribution in [0.25, 0.3) is 0 Å². The summed E-state index contributed by atoms with van der Waals surface area (Å²) in [6, 6.07) is -0.160. The van der Waals surface area contributed by atoms with E-state index in [1.54, 1.807) is 12.0 Å². The zero-order valence-corrected chi connectivity index (χ0v) is 10.6. The van der Waals surface area contributed by atoms with Crippen LogP contribution >= 0.6 is 0 Å². The molecule has 1 aliphatic heterocycles. The number of nitrogens with one attached hydrogen (secondary N) is 1. The third-order valence-electron chi connectivity index (χ3n) is 2.66. The van der Waals surface area contributed by atoms with Crippen molar-refractivity contribution >= 4 is 12.0 Å². The van der Waals surface area contributed by atoms with Gasteiger partial charge in [-0.15, -0.1) is 0 Å². The summed E-state index contributed by atoms with van der Waals surface area (Å²) in [5.74, 6) is -0.724. The molecule has 1 saturated heterocycles. The van der Waals surface area contributed by atoms with Crippen molar-refractivity contribution in [2.24, 2.45) is 5.92 Å². The Hall–Kier alpha value is -1.34. The number of hydrogen-bond donors (Lipinski definition) is 2. The van der Waals surface area contributed by atoms with Crippen molar-refractivity contribution < 1.29 is 24.2 Å². The molecule has 2 N–H and O–H groups in total. The molecule has 0 saturated carbocycles. The molecule has 7 nitrogen and oxygen atoms in total. The number of methoxy groups -OCH3 is 1. The van der Waals surface area contributed by atoms with E-state index in [-0.39, 0.29) is 18.4 Å². The van der Waals surface area contributed by atoms with Gasteiger partial charge in [0.05, 0.1) is 26.2 Å². The number of aliphatic carboxylic acids is 1. The van der Waals surface area contributed by atoms with Gasteiger partial charge in [-0.3, -0.25) is 4.79 Å². The molecule has 18 heavy (non-hydrogen) atoms. The Labute approximate surface area is 106 Å². The quantitative estimate of drug-likeness (QED) is 0.588. The molecule has 0 atom stereocenters. The molecule has 0 aromatic carbocycles. The Morgan fingerprint density at radius 1 is 1.33 bits per heavy atom. The number of hydrogen-bond acceptors (Lipinski definition) is 4. The summed E-state index contributed by atoms with van der Waals surface area (Å²) in [5, 5.41) is 11.3. The highest BCUT2D eigenvalue weighted by molar-refractivity contribution is 5.75. The van der Waals surface area contributed by atoms with E-state index < -0.39 is 5.97 Å². The maximum atomic E-state index is 11.5. The third-order valence-corrected chi connectivity index (χ3v) is 2.66. The van der Waals surface area contributed by atoms with Crippen molar-refractivity contribution in [2.45, 2.75) is 6.42 Å². The fourth-order valence-corrected chi connectivity index (χ4v) is 1.70. The lowest BCUT2D eigenvalue weighted by Gasteiger charge is -2.38. The lowest BCUT2D eigenvalue weighted by atomic mass is 9.97. The minimum absolute atomic E-state index is 0.0891. The van der Waals surface area contributed by atoms with E-state index in [9.17, 15) is 9.59 Å². The van der Waals surface area contributed by atoms with Gasteiger partial charge in [-0.1, -0.05) is 0 Å². The van der Waals surface area contributed by atoms with Gasteiger partial charge >= 0.3 is 12.0 Å². The number of likely N-dealkylation sites (tertiary alicyclic amines) is 1. The Bertz CT molecular complexity index is 279. The smallest absolute Gasteiger partial charge is 0.317 e. The predicted molar refractivity (Wildman–Crippen MR) is 63.4 cm³/mol. The summed E-state index contributed by atoms with van der Waals surface area (Å²) < 4.78 is 10.0. The second-order valence-corrected chi connectivity index (χ2v) is 4.21. The highest BCUT2D eigenvalue weighted by Crippen LogP contribution is 2.18. The lowest BCUT2D eigenvalue weighted by molar-refractivity contribution is -0.139. The van der Waals surface area contributed by atoms with Crippen molar-refractivity contribution in [1.82, 2.24) is 10.2 Å². The maximum Gasteiger partial charge on any atom is 0.317 e. The van der Waals surface area contributed by atoms with Gasteiger partial charge in [0, 0.05) is 32.7 Å². The van der Waals surface area contributed by atoms with Crippen LogP contribution in [0.3, 0.4) is 0 Å². The second kappa shape index (κ2) is 7.88. The van der Waals surface area contributed by atoms with Crippen molar-refractivity contribution in [2.75, 3.05) is 46.6 Å². The van der Waals surface area contributed by atoms with Gasteiger partial charge in [-0.2, -0.15) is 0 Å². The molecule has 0 unspecified atom stereocenters. The van der Waals surface area contributed by atoms with Crippen LogP contribution in [0.2, 0.25) is 0 Å². The standard InChI is InChI=1S/C11H20N2O5/c1-17-4-5-18-3-2-12-11(16)13-7-9(8-13)6-10(14)15/h9H,2-8H2,1H3,(H,12,16)(H,14,15). The number of rotatable bonds is 8. The van der Waals surface area contributed by atoms with Crippen LogP contribution in [0.15, 0.2) is 0 Å². The summed E-state index contributed by atoms with van der Waals surface area (Å²) in [7, 11) is 1.60. The summed E-state index contributed by atoms with van der Waals surface area (Å²) in [4.78, 5) is 23.6. The van der Waals surface area contributed by atoms with Gasteiger partial charge in [-0.05, 0) is 0 Å². The second-order valence-electron chi connectivity index (χ2n) is 4.21. The average Bonchev–Trinajstić information content (AvgIpc) is 2.27. The van der Waals surface area contributed by atoms with E-state index >= 15 is 0 Å². The van der Waals surface area contributed by atoms with Gasteiger partial charge in [0.15, 0.2) is 0 Å². The summed E-state index contributed by atoms with van der Waals surface area (Å²) in [6.45, 7) is 2.98. The topological polar surface area (TPSA) is 88.1 Å². The molecule has 7 heteroatoms. The first kappa shape index (κ1) is 14.7. The SMILES string of the molecule is COCCOCCNC(=O)N1CC(CC(=O)O)C1. The molecule has 0 aromatic heterocycles. The first-order valence-electron chi connectivity index (χ1n) is 5.94. The van der Waals surface area contributed by atoms with Crippen LogP contribution in [0.5, 0.6) is 0 Å². The number of carboxylic acids is 1. The zero-order valence-electron chi connectivity index (χ0n) is 10.6. The Balaban J connectivity index is 1.97. The van der Waals surface area contributed by atoms with E-state index in [0.29, 0.717) is 39.5 Å². The van der Waals surface area contributed by atoms with Crippen LogP contribution in [-0.4, -0.2) is 68.6 Å². The number of urea groups is 1. The van der Waals surface area contributed by atoms with E-state index in [1.165, 1.54) is 0 Å². The molecule has 0 spiro atoms. The molecule has 2 amide bonds. The normalized spacial score (nSPS) is 15.3. The molecule has 104 valence electrons. The summed E-state index contributed by atoms with van der Waals surface area (Å²) in [5.41, 5.74) is 0. The highest BCUT2D eigenvalue weighted by atomic mass is 16.5. The Kier molecular flexibility index (Phi) is 6.45. The molecule has 0 radical (unpaired) electrons. The Morgan fingerprint density at radius 2 is 2.06 bits per heavy atom. The predicted octanol–water partition coefficient (Wildman–Crippen LogP) is -0.234. The molecule has 1 aliphatic rings. The maximum absolute atomic E-state index is 11.5. The third kappa shape index (κ3) is 5.33. The van der Waals surface area contributed by atoms with Crippen molar-refractivity contribution in [3.05, 3.63) is 0 Å². The number of nitrogens with zero attached hydrogens (tertiary/aromatic N) is 1. The van der Waals surface area contributed by atoms with Crippen LogP contribution in [0.1, 0.15) is 6.42 Å². The van der Waals surface area contributed by atoms with Crippen molar-refractivity contribution in [3.63, 3.8) is 0 Å². The fourth-order valence-electron chi connectivity index (χ4n) is 1.70. The van der Waals surface area contributed by atoms with Gasteiger partial charge < -0.3 is 24.8 Å². The van der Waals surface area contributed by atoms with E-state index in [0.717, 1.165) is 0 Å². The molecular formula is C11H20N2O5. The largest absolute Gasteiger partial charge is 0.481 e. The van der Waals surface area contributed by atoms with Crippen LogP contribution in [0, 0.1) is 5.92 Å². The summed E-state index contributed by atoms with van der Waals surface area (Å²) >= 11 is 0. The lowest BCUT2D eigenvalue weighted by Crippen LogP contribution is -2.54. The van der Waals surface area contributed by atoms with Crippen LogP contribution in [-0.2, 0) is 14.3 Å². The molecule has 0 bridgehead atoms.